The molecule has 0 aromatic carbocycles. The maximum atomic E-state index is 4.93. The van der Waals surface area contributed by atoms with Gasteiger partial charge < -0.3 is 5.73 Å². The Morgan fingerprint density at radius 2 is 2.00 bits per heavy atom. The standard InChI is InChI=1S/C2H6NS/c1-2(3)4/h2H,3H2,1H3. The minimum Gasteiger partial charge on any atom is -0.319 e. The molecule has 0 aliphatic carbocycles. The van der Waals surface area contributed by atoms with Gasteiger partial charge >= 0.3 is 0 Å². The van der Waals surface area contributed by atoms with E-state index >= 15 is 0 Å². The highest BCUT2D eigenvalue weighted by atomic mass is 32.1. The summed E-state index contributed by atoms with van der Waals surface area (Å²) >= 11 is 4.40. The normalized spacial score (nSPS) is 15.8. The van der Waals surface area contributed by atoms with E-state index in [2.05, 4.69) is 12.6 Å². The van der Waals surface area contributed by atoms with Crippen LogP contribution in [0, 0.1) is 0 Å². The molecular formula is C2H6NS. The maximum absolute atomic E-state index is 4.93. The van der Waals surface area contributed by atoms with Gasteiger partial charge in [-0.1, -0.05) is 12.6 Å². The fraction of sp³-hybridized carbons (Fsp3) is 1.00. The molecule has 0 aliphatic rings. The average molecular weight is 76.1 g/mol. The Bertz CT molecular complexity index is 10.8. The largest absolute Gasteiger partial charge is 0.319 e. The van der Waals surface area contributed by atoms with Gasteiger partial charge in [0.2, 0.25) is 0 Å². The molecule has 1 radical (unpaired) electrons. The molecular weight excluding hydrogens is 70.1 g/mol. The lowest BCUT2D eigenvalue weighted by Crippen LogP contribution is -2.03. The summed E-state index contributed by atoms with van der Waals surface area (Å²) in [5, 5.41) is -0.0833. The summed E-state index contributed by atoms with van der Waals surface area (Å²) in [6.45, 7) is 1.76. The number of hydrogen-bond donors (Lipinski definition) is 1. The lowest BCUT2D eigenvalue weighted by molar-refractivity contribution is 1.06. The first-order valence-corrected chi connectivity index (χ1v) is 1.62. The predicted molar refractivity (Wildman–Crippen MR) is 21.2 cm³/mol. The molecule has 2 heteroatoms. The van der Waals surface area contributed by atoms with Gasteiger partial charge in [0.05, 0.1) is 5.37 Å². The summed E-state index contributed by atoms with van der Waals surface area (Å²) < 4.78 is 0. The van der Waals surface area contributed by atoms with E-state index in [1.807, 2.05) is 0 Å². The van der Waals surface area contributed by atoms with E-state index < -0.39 is 0 Å². The van der Waals surface area contributed by atoms with Gasteiger partial charge in [0.1, 0.15) is 0 Å². The van der Waals surface area contributed by atoms with Crippen molar-refractivity contribution in [3.8, 4) is 0 Å². The highest BCUT2D eigenvalue weighted by molar-refractivity contribution is 7.80. The minimum absolute atomic E-state index is 0.0833. The van der Waals surface area contributed by atoms with Crippen LogP contribution in [0.5, 0.6) is 0 Å². The van der Waals surface area contributed by atoms with Crippen molar-refractivity contribution in [2.45, 2.75) is 12.3 Å². The third-order valence-corrected chi connectivity index (χ3v) is 0. The quantitative estimate of drug-likeness (QED) is 0.446. The van der Waals surface area contributed by atoms with Crippen LogP contribution < -0.4 is 5.73 Å². The molecule has 1 nitrogen and oxygen atoms in total. The van der Waals surface area contributed by atoms with Gasteiger partial charge in [-0.2, -0.15) is 0 Å². The first-order valence-electron chi connectivity index (χ1n) is 1.15. The van der Waals surface area contributed by atoms with Gasteiger partial charge in [0, 0.05) is 0 Å². The number of nitrogens with two attached hydrogens (primary N) is 1. The van der Waals surface area contributed by atoms with Crippen LogP contribution in [0.3, 0.4) is 0 Å². The van der Waals surface area contributed by atoms with E-state index in [9.17, 15) is 0 Å². The molecule has 0 aliphatic heterocycles. The highest BCUT2D eigenvalue weighted by Gasteiger charge is 1.70. The van der Waals surface area contributed by atoms with Gasteiger partial charge in [-0.3, -0.25) is 0 Å². The number of rotatable bonds is 0. The summed E-state index contributed by atoms with van der Waals surface area (Å²) in [5.74, 6) is 0. The molecule has 1 unspecified atom stereocenters. The highest BCUT2D eigenvalue weighted by Crippen LogP contribution is 1.72. The Kier molecular flexibility index (Phi) is 1.74. The van der Waals surface area contributed by atoms with Gasteiger partial charge in [-0.05, 0) is 6.92 Å². The first kappa shape index (κ1) is 4.31. The molecule has 0 spiro atoms. The molecule has 0 saturated heterocycles. The molecule has 4 heavy (non-hydrogen) atoms. The lowest BCUT2D eigenvalue weighted by atomic mass is 10.8. The van der Waals surface area contributed by atoms with Crippen molar-refractivity contribution in [2.75, 3.05) is 0 Å². The van der Waals surface area contributed by atoms with Crippen molar-refractivity contribution in [1.82, 2.24) is 0 Å². The average Bonchev–Trinajstić information content (AvgIpc) is 0.811. The minimum atomic E-state index is -0.0833. The van der Waals surface area contributed by atoms with Crippen molar-refractivity contribution < 1.29 is 0 Å². The van der Waals surface area contributed by atoms with Crippen molar-refractivity contribution in [2.24, 2.45) is 5.73 Å². The molecule has 0 bridgehead atoms. The van der Waals surface area contributed by atoms with E-state index in [1.165, 1.54) is 0 Å². The summed E-state index contributed by atoms with van der Waals surface area (Å²) in [6, 6.07) is 0. The molecule has 1 atom stereocenters. The molecule has 0 aromatic rings. The molecule has 25 valence electrons. The zero-order chi connectivity index (χ0) is 3.58. The van der Waals surface area contributed by atoms with Crippen LogP contribution in [-0.4, -0.2) is 5.37 Å². The fourth-order valence-corrected chi connectivity index (χ4v) is 0. The van der Waals surface area contributed by atoms with Gasteiger partial charge in [0.15, 0.2) is 0 Å². The van der Waals surface area contributed by atoms with Crippen molar-refractivity contribution in [1.29, 1.82) is 0 Å². The Balaban J connectivity index is 2.32. The second-order valence-electron chi connectivity index (χ2n) is 0.705. The monoisotopic (exact) mass is 76.0 g/mol. The van der Waals surface area contributed by atoms with Crippen LogP contribution >= 0.6 is 12.6 Å². The third-order valence-electron chi connectivity index (χ3n) is 0. The lowest BCUT2D eigenvalue weighted by Gasteiger charge is -1.78. The van der Waals surface area contributed by atoms with E-state index in [4.69, 9.17) is 5.73 Å². The van der Waals surface area contributed by atoms with Gasteiger partial charge in [0.25, 0.3) is 0 Å². The number of hydrogen-bond acceptors (Lipinski definition) is 1. The Morgan fingerprint density at radius 3 is 2.00 bits per heavy atom. The van der Waals surface area contributed by atoms with Crippen molar-refractivity contribution in [3.05, 3.63) is 0 Å². The Labute approximate surface area is 31.6 Å². The summed E-state index contributed by atoms with van der Waals surface area (Å²) in [6.07, 6.45) is 0. The SMILES string of the molecule is CC(N)[S]. The van der Waals surface area contributed by atoms with Crippen molar-refractivity contribution in [3.63, 3.8) is 0 Å². The van der Waals surface area contributed by atoms with E-state index in [0.29, 0.717) is 0 Å². The molecule has 0 saturated carbocycles. The van der Waals surface area contributed by atoms with E-state index in [1.54, 1.807) is 6.92 Å². The third kappa shape index (κ3) is 41.3. The molecule has 0 fully saturated rings. The van der Waals surface area contributed by atoms with Crippen LogP contribution in [0.4, 0.5) is 0 Å². The first-order chi connectivity index (χ1) is 1.73. The van der Waals surface area contributed by atoms with Crippen LogP contribution in [0.15, 0.2) is 0 Å². The molecule has 0 amide bonds. The maximum Gasteiger partial charge on any atom is 0.0583 e. The van der Waals surface area contributed by atoms with E-state index in [-0.39, 0.29) is 5.37 Å². The second kappa shape index (κ2) is 1.61. The zero-order valence-electron chi connectivity index (χ0n) is 2.56. The van der Waals surface area contributed by atoms with Crippen molar-refractivity contribution >= 4 is 12.6 Å². The molecule has 0 rings (SSSR count). The fourth-order valence-electron chi connectivity index (χ4n) is 0. The second-order valence-corrected chi connectivity index (χ2v) is 1.45. The van der Waals surface area contributed by atoms with Gasteiger partial charge in [-0.15, -0.1) is 0 Å². The zero-order valence-corrected chi connectivity index (χ0v) is 3.38. The van der Waals surface area contributed by atoms with Crippen LogP contribution in [0.25, 0.3) is 0 Å². The Hall–Kier alpha value is 0.310. The summed E-state index contributed by atoms with van der Waals surface area (Å²) in [5.41, 5.74) is 4.93. The van der Waals surface area contributed by atoms with Crippen LogP contribution in [0.1, 0.15) is 6.92 Å². The smallest absolute Gasteiger partial charge is 0.0583 e. The summed E-state index contributed by atoms with van der Waals surface area (Å²) in [4.78, 5) is 0. The van der Waals surface area contributed by atoms with E-state index in [0.717, 1.165) is 0 Å². The Morgan fingerprint density at radius 1 is 2.00 bits per heavy atom. The topological polar surface area (TPSA) is 26.0 Å². The molecule has 2 N–H and O–H groups in total. The molecule has 0 aromatic heterocycles. The predicted octanol–water partition coefficient (Wildman–Crippen LogP) is 0.489. The van der Waals surface area contributed by atoms with Crippen LogP contribution in [0.2, 0.25) is 0 Å². The van der Waals surface area contributed by atoms with Gasteiger partial charge in [-0.25, -0.2) is 0 Å². The summed E-state index contributed by atoms with van der Waals surface area (Å²) in [7, 11) is 0. The van der Waals surface area contributed by atoms with Crippen LogP contribution in [-0.2, 0) is 0 Å². The molecule has 0 heterocycles.